The number of carbonyl (C=O) groups is 1. The van der Waals surface area contributed by atoms with E-state index >= 15 is 0 Å². The summed E-state index contributed by atoms with van der Waals surface area (Å²) in [6.45, 7) is 0. The van der Waals surface area contributed by atoms with E-state index in [1.165, 1.54) is 19.3 Å². The number of anilines is 1. The van der Waals surface area contributed by atoms with Crippen LogP contribution in [0.25, 0.3) is 0 Å². The Kier molecular flexibility index (Phi) is 2.50. The van der Waals surface area contributed by atoms with Crippen molar-refractivity contribution in [3.05, 3.63) is 23.8 Å². The number of carbonyl (C=O) groups excluding carboxylic acids is 1. The molecule has 1 amide bonds. The molecule has 3 saturated carbocycles. The summed E-state index contributed by atoms with van der Waals surface area (Å²) >= 11 is 0. The van der Waals surface area contributed by atoms with E-state index in [9.17, 15) is 4.79 Å². The molecule has 3 fully saturated rings. The molecule has 1 aromatic rings. The predicted octanol–water partition coefficient (Wildman–Crippen LogP) is 2.05. The summed E-state index contributed by atoms with van der Waals surface area (Å²) in [5.41, 5.74) is 6.91. The third kappa shape index (κ3) is 1.63. The minimum Gasteiger partial charge on any atom is -0.496 e. The van der Waals surface area contributed by atoms with Crippen LogP contribution in [0.1, 0.15) is 29.6 Å². The second-order valence-corrected chi connectivity index (χ2v) is 6.45. The average molecular weight is 272 g/mol. The number of methoxy groups -OCH3 is 1. The molecule has 4 unspecified atom stereocenters. The lowest BCUT2D eigenvalue weighted by Crippen LogP contribution is -2.30. The van der Waals surface area contributed by atoms with Gasteiger partial charge in [-0.15, -0.1) is 0 Å². The molecule has 20 heavy (non-hydrogen) atoms. The van der Waals surface area contributed by atoms with E-state index in [0.717, 1.165) is 23.7 Å². The number of benzene rings is 1. The molecular weight excluding hydrogens is 252 g/mol. The van der Waals surface area contributed by atoms with E-state index in [0.29, 0.717) is 23.0 Å². The standard InChI is InChI=1S/C16H20N2O2/c1-20-12-5-4-10(17)7-11(12)16(19)18-15-13-8-2-3-9(6-8)14(13)15/h4-5,7-9,13-15H,2-3,6,17H2,1H3,(H,18,19). The molecule has 1 aromatic carbocycles. The first-order chi connectivity index (χ1) is 9.69. The van der Waals surface area contributed by atoms with Gasteiger partial charge in [-0.05, 0) is 61.1 Å². The van der Waals surface area contributed by atoms with Gasteiger partial charge in [0.2, 0.25) is 0 Å². The monoisotopic (exact) mass is 272 g/mol. The topological polar surface area (TPSA) is 64.3 Å². The lowest BCUT2D eigenvalue weighted by atomic mass is 10.0. The smallest absolute Gasteiger partial charge is 0.255 e. The van der Waals surface area contributed by atoms with E-state index in [1.807, 2.05) is 0 Å². The van der Waals surface area contributed by atoms with E-state index < -0.39 is 0 Å². The summed E-state index contributed by atoms with van der Waals surface area (Å²) < 4.78 is 5.26. The Hall–Kier alpha value is -1.71. The highest BCUT2D eigenvalue weighted by Crippen LogP contribution is 2.65. The number of rotatable bonds is 3. The van der Waals surface area contributed by atoms with Crippen LogP contribution in [0.5, 0.6) is 5.75 Å². The molecule has 0 spiro atoms. The molecule has 4 heteroatoms. The molecule has 3 aliphatic rings. The lowest BCUT2D eigenvalue weighted by molar-refractivity contribution is 0.0941. The third-order valence-corrected chi connectivity index (χ3v) is 5.50. The van der Waals surface area contributed by atoms with E-state index in [2.05, 4.69) is 5.32 Å². The minimum atomic E-state index is -0.0482. The Labute approximate surface area is 118 Å². The molecule has 4 nitrogen and oxygen atoms in total. The van der Waals surface area contributed by atoms with Crippen molar-refractivity contribution in [3.8, 4) is 5.75 Å². The highest BCUT2D eigenvalue weighted by molar-refractivity contribution is 5.98. The van der Waals surface area contributed by atoms with Crippen LogP contribution in [0.3, 0.4) is 0 Å². The summed E-state index contributed by atoms with van der Waals surface area (Å²) in [5.74, 6) is 3.74. The van der Waals surface area contributed by atoms with E-state index in [4.69, 9.17) is 10.5 Å². The summed E-state index contributed by atoms with van der Waals surface area (Å²) in [6, 6.07) is 5.59. The Balaban J connectivity index is 1.50. The first-order valence-electron chi connectivity index (χ1n) is 7.43. The second-order valence-electron chi connectivity index (χ2n) is 6.45. The third-order valence-electron chi connectivity index (χ3n) is 5.50. The number of ether oxygens (including phenoxy) is 1. The van der Waals surface area contributed by atoms with Gasteiger partial charge in [0.05, 0.1) is 12.7 Å². The van der Waals surface area contributed by atoms with Gasteiger partial charge in [-0.25, -0.2) is 0 Å². The van der Waals surface area contributed by atoms with Crippen LogP contribution in [0.4, 0.5) is 5.69 Å². The minimum absolute atomic E-state index is 0.0482. The zero-order valence-corrected chi connectivity index (χ0v) is 11.6. The van der Waals surface area contributed by atoms with Crippen molar-refractivity contribution < 1.29 is 9.53 Å². The highest BCUT2D eigenvalue weighted by atomic mass is 16.5. The van der Waals surface area contributed by atoms with E-state index in [1.54, 1.807) is 25.3 Å². The molecule has 0 aromatic heterocycles. The Morgan fingerprint density at radius 2 is 2.00 bits per heavy atom. The number of hydrogen-bond donors (Lipinski definition) is 2. The van der Waals surface area contributed by atoms with Crippen molar-refractivity contribution in [1.82, 2.24) is 5.32 Å². The fraction of sp³-hybridized carbons (Fsp3) is 0.562. The fourth-order valence-corrected chi connectivity index (χ4v) is 4.65. The van der Waals surface area contributed by atoms with Crippen LogP contribution in [0.2, 0.25) is 0 Å². The zero-order valence-electron chi connectivity index (χ0n) is 11.6. The number of nitrogens with two attached hydrogens (primary N) is 1. The quantitative estimate of drug-likeness (QED) is 0.828. The Bertz CT molecular complexity index is 556. The highest BCUT2D eigenvalue weighted by Gasteiger charge is 2.65. The van der Waals surface area contributed by atoms with Crippen molar-refractivity contribution in [1.29, 1.82) is 0 Å². The van der Waals surface area contributed by atoms with E-state index in [-0.39, 0.29) is 5.91 Å². The van der Waals surface area contributed by atoms with Gasteiger partial charge in [-0.1, -0.05) is 0 Å². The van der Waals surface area contributed by atoms with Crippen LogP contribution in [0.15, 0.2) is 18.2 Å². The van der Waals surface area contributed by atoms with Gasteiger partial charge in [0.15, 0.2) is 0 Å². The molecule has 0 radical (unpaired) electrons. The number of fused-ring (bicyclic) bond motifs is 5. The van der Waals surface area contributed by atoms with Crippen molar-refractivity contribution >= 4 is 11.6 Å². The number of nitrogens with one attached hydrogen (secondary N) is 1. The van der Waals surface area contributed by atoms with Crippen molar-refractivity contribution in [3.63, 3.8) is 0 Å². The first kappa shape index (κ1) is 12.1. The van der Waals surface area contributed by atoms with Crippen LogP contribution in [-0.4, -0.2) is 19.1 Å². The van der Waals surface area contributed by atoms with Gasteiger partial charge >= 0.3 is 0 Å². The first-order valence-corrected chi connectivity index (χ1v) is 7.43. The van der Waals surface area contributed by atoms with Crippen LogP contribution in [-0.2, 0) is 0 Å². The van der Waals surface area contributed by atoms with Crippen LogP contribution in [0, 0.1) is 23.7 Å². The summed E-state index contributed by atoms with van der Waals surface area (Å²) in [7, 11) is 1.58. The SMILES string of the molecule is COc1ccc(N)cc1C(=O)NC1C2C3CCC(C3)C12. The summed E-state index contributed by atoms with van der Waals surface area (Å²) in [6.07, 6.45) is 4.11. The van der Waals surface area contributed by atoms with Crippen molar-refractivity contribution in [2.24, 2.45) is 23.7 Å². The van der Waals surface area contributed by atoms with Crippen LogP contribution < -0.4 is 15.8 Å². The Morgan fingerprint density at radius 1 is 1.30 bits per heavy atom. The molecule has 4 atom stereocenters. The normalized spacial score (nSPS) is 36.5. The van der Waals surface area contributed by atoms with Gasteiger partial charge in [-0.3, -0.25) is 4.79 Å². The van der Waals surface area contributed by atoms with Gasteiger partial charge in [0.1, 0.15) is 5.75 Å². The maximum Gasteiger partial charge on any atom is 0.255 e. The molecule has 106 valence electrons. The molecule has 3 aliphatic carbocycles. The molecule has 0 heterocycles. The molecule has 0 saturated heterocycles. The van der Waals surface area contributed by atoms with Gasteiger partial charge < -0.3 is 15.8 Å². The number of amides is 1. The molecule has 2 bridgehead atoms. The predicted molar refractivity (Wildman–Crippen MR) is 76.5 cm³/mol. The molecule has 3 N–H and O–H groups in total. The molecule has 0 aliphatic heterocycles. The van der Waals surface area contributed by atoms with Gasteiger partial charge in [0.25, 0.3) is 5.91 Å². The van der Waals surface area contributed by atoms with Crippen LogP contribution >= 0.6 is 0 Å². The summed E-state index contributed by atoms with van der Waals surface area (Å²) in [5, 5.41) is 3.20. The molecular formula is C16H20N2O2. The largest absolute Gasteiger partial charge is 0.496 e. The number of nitrogen functional groups attached to an aromatic ring is 1. The lowest BCUT2D eigenvalue weighted by Gasteiger charge is -2.13. The average Bonchev–Trinajstić information content (AvgIpc) is 2.84. The van der Waals surface area contributed by atoms with Crippen molar-refractivity contribution in [2.75, 3.05) is 12.8 Å². The zero-order chi connectivity index (χ0) is 13.9. The maximum absolute atomic E-state index is 12.4. The number of hydrogen-bond acceptors (Lipinski definition) is 3. The summed E-state index contributed by atoms with van der Waals surface area (Å²) in [4.78, 5) is 12.4. The maximum atomic E-state index is 12.4. The Morgan fingerprint density at radius 3 is 2.65 bits per heavy atom. The fourth-order valence-electron chi connectivity index (χ4n) is 4.65. The van der Waals surface area contributed by atoms with Gasteiger partial charge in [-0.2, -0.15) is 0 Å². The molecule has 4 rings (SSSR count). The second kappa shape index (κ2) is 4.14. The van der Waals surface area contributed by atoms with Gasteiger partial charge in [0, 0.05) is 11.7 Å². The van der Waals surface area contributed by atoms with Crippen molar-refractivity contribution in [2.45, 2.75) is 25.3 Å².